The third kappa shape index (κ3) is 5.58. The summed E-state index contributed by atoms with van der Waals surface area (Å²) in [6.45, 7) is 1.72. The molecule has 0 saturated carbocycles. The van der Waals surface area contributed by atoms with Crippen LogP contribution >= 0.6 is 0 Å². The average molecular weight is 362 g/mol. The van der Waals surface area contributed by atoms with Gasteiger partial charge in [0.05, 0.1) is 11.3 Å². The molecule has 0 aromatic heterocycles. The molecule has 0 saturated heterocycles. The maximum atomic E-state index is 12.4. The molecule has 1 amide bonds. The molecule has 0 spiro atoms. The van der Waals surface area contributed by atoms with Crippen molar-refractivity contribution in [1.29, 1.82) is 0 Å². The maximum Gasteiger partial charge on any atom is 0.312 e. The molecule has 0 aliphatic heterocycles. The highest BCUT2D eigenvalue weighted by Crippen LogP contribution is 2.19. The summed E-state index contributed by atoms with van der Waals surface area (Å²) in [6, 6.07) is 16.2. The first-order valence-corrected chi connectivity index (χ1v) is 9.49. The lowest BCUT2D eigenvalue weighted by molar-refractivity contribution is -0.117. The molecule has 3 N–H and O–H groups in total. The van der Waals surface area contributed by atoms with Crippen molar-refractivity contribution in [1.82, 2.24) is 0 Å². The summed E-state index contributed by atoms with van der Waals surface area (Å²) in [4.78, 5) is 12.2. The molecule has 2 aromatic rings. The number of hydrogen-bond donors (Lipinski definition) is 2. The van der Waals surface area contributed by atoms with Crippen LogP contribution in [0.5, 0.6) is 5.75 Å². The number of amides is 1. The molecule has 134 valence electrons. The molecule has 0 bridgehead atoms. The van der Waals surface area contributed by atoms with E-state index in [9.17, 15) is 13.2 Å². The van der Waals surface area contributed by atoms with Gasteiger partial charge < -0.3 is 15.2 Å². The predicted molar refractivity (Wildman–Crippen MR) is 97.7 cm³/mol. The van der Waals surface area contributed by atoms with Gasteiger partial charge in [-0.3, -0.25) is 4.79 Å². The van der Waals surface area contributed by atoms with Gasteiger partial charge in [-0.25, -0.2) is 0 Å². The first kappa shape index (κ1) is 19.0. The van der Waals surface area contributed by atoms with Gasteiger partial charge in [0.2, 0.25) is 5.91 Å². The van der Waals surface area contributed by atoms with Crippen molar-refractivity contribution in [3.05, 3.63) is 60.7 Å². The lowest BCUT2D eigenvalue weighted by atomic mass is 10.1. The van der Waals surface area contributed by atoms with Gasteiger partial charge >= 0.3 is 10.1 Å². The Morgan fingerprint density at radius 2 is 1.64 bits per heavy atom. The SMILES string of the molecule is CCC(CC(N)C(=O)Nc1ccccc1)S(=O)(=O)Oc1ccccc1. The molecule has 25 heavy (non-hydrogen) atoms. The number of carbonyl (C=O) groups is 1. The van der Waals surface area contributed by atoms with E-state index in [1.165, 1.54) is 0 Å². The Bertz CT molecular complexity index is 779. The molecule has 0 fully saturated rings. The zero-order valence-electron chi connectivity index (χ0n) is 14.0. The number of para-hydroxylation sites is 2. The molecule has 0 aliphatic carbocycles. The fourth-order valence-electron chi connectivity index (χ4n) is 2.31. The van der Waals surface area contributed by atoms with E-state index >= 15 is 0 Å². The van der Waals surface area contributed by atoms with Crippen LogP contribution in [0.15, 0.2) is 60.7 Å². The van der Waals surface area contributed by atoms with Crippen LogP contribution in [0, 0.1) is 0 Å². The lowest BCUT2D eigenvalue weighted by Crippen LogP contribution is -2.41. The van der Waals surface area contributed by atoms with E-state index in [0.717, 1.165) is 0 Å². The van der Waals surface area contributed by atoms with Gasteiger partial charge in [0.1, 0.15) is 5.75 Å². The highest BCUT2D eigenvalue weighted by Gasteiger charge is 2.30. The summed E-state index contributed by atoms with van der Waals surface area (Å²) in [5.41, 5.74) is 6.51. The molecule has 0 radical (unpaired) electrons. The quantitative estimate of drug-likeness (QED) is 0.703. The van der Waals surface area contributed by atoms with Gasteiger partial charge in [0, 0.05) is 5.69 Å². The molecule has 0 aliphatic rings. The predicted octanol–water partition coefficient (Wildman–Crippen LogP) is 2.53. The Hall–Kier alpha value is -2.38. The molecular weight excluding hydrogens is 340 g/mol. The number of benzene rings is 2. The van der Waals surface area contributed by atoms with Crippen LogP contribution in [-0.4, -0.2) is 25.6 Å². The Kier molecular flexibility index (Phi) is 6.55. The number of nitrogens with two attached hydrogens (primary N) is 1. The van der Waals surface area contributed by atoms with Crippen LogP contribution in [0.4, 0.5) is 5.69 Å². The topological polar surface area (TPSA) is 98.5 Å². The molecule has 2 aromatic carbocycles. The highest BCUT2D eigenvalue weighted by molar-refractivity contribution is 7.87. The minimum Gasteiger partial charge on any atom is -0.382 e. The third-order valence-corrected chi connectivity index (χ3v) is 5.48. The molecule has 2 rings (SSSR count). The van der Waals surface area contributed by atoms with Gasteiger partial charge in [-0.2, -0.15) is 8.42 Å². The molecular formula is C18H22N2O4S. The van der Waals surface area contributed by atoms with Gasteiger partial charge in [0.25, 0.3) is 0 Å². The summed E-state index contributed by atoms with van der Waals surface area (Å²) in [6.07, 6.45) is 0.270. The zero-order chi connectivity index (χ0) is 18.3. The second-order valence-corrected chi connectivity index (χ2v) is 7.44. The van der Waals surface area contributed by atoms with Crippen LogP contribution in [0.25, 0.3) is 0 Å². The number of nitrogens with one attached hydrogen (secondary N) is 1. The summed E-state index contributed by atoms with van der Waals surface area (Å²) in [7, 11) is -3.89. The van der Waals surface area contributed by atoms with Gasteiger partial charge in [0.15, 0.2) is 0 Å². The van der Waals surface area contributed by atoms with Crippen molar-refractivity contribution in [3.63, 3.8) is 0 Å². The van der Waals surface area contributed by atoms with E-state index in [-0.39, 0.29) is 12.2 Å². The molecule has 6 nitrogen and oxygen atoms in total. The summed E-state index contributed by atoms with van der Waals surface area (Å²) in [5.74, 6) is -0.192. The first-order chi connectivity index (χ1) is 11.9. The zero-order valence-corrected chi connectivity index (χ0v) is 14.8. The van der Waals surface area contributed by atoms with Crippen LogP contribution < -0.4 is 15.2 Å². The average Bonchev–Trinajstić information content (AvgIpc) is 2.60. The van der Waals surface area contributed by atoms with Crippen molar-refractivity contribution < 1.29 is 17.4 Å². The largest absolute Gasteiger partial charge is 0.382 e. The number of rotatable bonds is 8. The van der Waals surface area contributed by atoms with Gasteiger partial charge in [-0.1, -0.05) is 43.3 Å². The van der Waals surface area contributed by atoms with E-state index in [2.05, 4.69) is 5.32 Å². The maximum absolute atomic E-state index is 12.4. The number of anilines is 1. The third-order valence-electron chi connectivity index (χ3n) is 3.71. The fourth-order valence-corrected chi connectivity index (χ4v) is 3.68. The molecule has 2 atom stereocenters. The fraction of sp³-hybridized carbons (Fsp3) is 0.278. The Balaban J connectivity index is 2.01. The molecule has 0 heterocycles. The molecule has 2 unspecified atom stereocenters. The van der Waals surface area contributed by atoms with E-state index in [1.54, 1.807) is 61.5 Å². The van der Waals surface area contributed by atoms with E-state index in [4.69, 9.17) is 9.92 Å². The Labute approximate surface area is 148 Å². The highest BCUT2D eigenvalue weighted by atomic mass is 32.2. The van der Waals surface area contributed by atoms with E-state index in [0.29, 0.717) is 12.1 Å². The van der Waals surface area contributed by atoms with E-state index < -0.39 is 27.3 Å². The minimum atomic E-state index is -3.89. The van der Waals surface area contributed by atoms with Crippen LogP contribution in [0.1, 0.15) is 19.8 Å². The van der Waals surface area contributed by atoms with Crippen molar-refractivity contribution >= 4 is 21.7 Å². The second-order valence-electron chi connectivity index (χ2n) is 5.62. The smallest absolute Gasteiger partial charge is 0.312 e. The van der Waals surface area contributed by atoms with Crippen LogP contribution in [-0.2, 0) is 14.9 Å². The Morgan fingerprint density at radius 3 is 2.20 bits per heavy atom. The normalized spacial score (nSPS) is 13.7. The van der Waals surface area contributed by atoms with Crippen molar-refractivity contribution in [2.45, 2.75) is 31.1 Å². The summed E-state index contributed by atoms with van der Waals surface area (Å²) < 4.78 is 30.0. The Morgan fingerprint density at radius 1 is 1.08 bits per heavy atom. The minimum absolute atomic E-state index is 0.0235. The second kappa shape index (κ2) is 8.64. The lowest BCUT2D eigenvalue weighted by Gasteiger charge is -2.19. The number of carbonyl (C=O) groups excluding carboxylic acids is 1. The summed E-state index contributed by atoms with van der Waals surface area (Å²) in [5, 5.41) is 1.80. The van der Waals surface area contributed by atoms with Gasteiger partial charge in [-0.15, -0.1) is 0 Å². The van der Waals surface area contributed by atoms with Crippen molar-refractivity contribution in [3.8, 4) is 5.75 Å². The first-order valence-electron chi connectivity index (χ1n) is 8.02. The van der Waals surface area contributed by atoms with Crippen molar-refractivity contribution in [2.75, 3.05) is 5.32 Å². The van der Waals surface area contributed by atoms with E-state index in [1.807, 2.05) is 6.07 Å². The van der Waals surface area contributed by atoms with Crippen molar-refractivity contribution in [2.24, 2.45) is 5.73 Å². The monoisotopic (exact) mass is 362 g/mol. The number of hydrogen-bond acceptors (Lipinski definition) is 5. The van der Waals surface area contributed by atoms with Crippen LogP contribution in [0.3, 0.4) is 0 Å². The van der Waals surface area contributed by atoms with Gasteiger partial charge in [-0.05, 0) is 37.1 Å². The van der Waals surface area contributed by atoms with Crippen LogP contribution in [0.2, 0.25) is 0 Å². The summed E-state index contributed by atoms with van der Waals surface area (Å²) >= 11 is 0. The standard InChI is InChI=1S/C18H22N2O4S/c1-2-16(25(22,23)24-15-11-7-4-8-12-15)13-17(19)18(21)20-14-9-5-3-6-10-14/h3-12,16-17H,2,13,19H2,1H3,(H,20,21). The molecule has 7 heteroatoms.